The lowest BCUT2D eigenvalue weighted by molar-refractivity contribution is 0.0721. The van der Waals surface area contributed by atoms with Gasteiger partial charge in [0.05, 0.1) is 11.1 Å². The summed E-state index contributed by atoms with van der Waals surface area (Å²) in [5.74, 6) is -2.09. The van der Waals surface area contributed by atoms with Crippen molar-refractivity contribution in [3.8, 4) is 11.5 Å². The molecular formula is C26H16Cl2O6S. The lowest BCUT2D eigenvalue weighted by Gasteiger charge is -2.14. The van der Waals surface area contributed by atoms with Crippen molar-refractivity contribution in [2.24, 2.45) is 0 Å². The molecule has 0 aliphatic heterocycles. The molecule has 0 heterocycles. The average Bonchev–Trinajstić information content (AvgIpc) is 2.85. The number of hydrogen-bond donors (Lipinski definition) is 0. The summed E-state index contributed by atoms with van der Waals surface area (Å²) in [6, 6.07) is 23.7. The second kappa shape index (κ2) is 10.3. The van der Waals surface area contributed by atoms with Crippen LogP contribution in [0.1, 0.15) is 20.7 Å². The summed E-state index contributed by atoms with van der Waals surface area (Å²) in [4.78, 5) is 24.5. The van der Waals surface area contributed by atoms with Crippen LogP contribution in [0, 0.1) is 0 Å². The third kappa shape index (κ3) is 5.54. The molecule has 4 aromatic rings. The molecule has 0 aliphatic rings. The predicted molar refractivity (Wildman–Crippen MR) is 131 cm³/mol. The van der Waals surface area contributed by atoms with Gasteiger partial charge in [0.1, 0.15) is 9.79 Å². The third-order valence-corrected chi connectivity index (χ3v) is 7.12. The molecule has 0 saturated carbocycles. The Hall–Kier alpha value is -3.65. The fourth-order valence-corrected chi connectivity index (χ4v) is 4.94. The van der Waals surface area contributed by atoms with Crippen LogP contribution in [-0.4, -0.2) is 20.4 Å². The molecular weight excluding hydrogens is 511 g/mol. The lowest BCUT2D eigenvalue weighted by Crippen LogP contribution is -2.14. The van der Waals surface area contributed by atoms with Crippen LogP contribution in [-0.2, 0) is 9.84 Å². The van der Waals surface area contributed by atoms with Gasteiger partial charge in [-0.25, -0.2) is 18.0 Å². The van der Waals surface area contributed by atoms with Crippen molar-refractivity contribution in [3.05, 3.63) is 118 Å². The van der Waals surface area contributed by atoms with E-state index in [2.05, 4.69) is 0 Å². The van der Waals surface area contributed by atoms with E-state index >= 15 is 0 Å². The molecule has 6 nitrogen and oxygen atoms in total. The van der Waals surface area contributed by atoms with Gasteiger partial charge in [-0.1, -0.05) is 59.6 Å². The minimum Gasteiger partial charge on any atom is -0.421 e. The Morgan fingerprint density at radius 1 is 0.571 bits per heavy atom. The van der Waals surface area contributed by atoms with E-state index in [-0.39, 0.29) is 42.5 Å². The zero-order chi connectivity index (χ0) is 25.0. The minimum atomic E-state index is -4.36. The topological polar surface area (TPSA) is 86.7 Å². The average molecular weight is 527 g/mol. The van der Waals surface area contributed by atoms with Gasteiger partial charge in [0, 0.05) is 22.2 Å². The van der Waals surface area contributed by atoms with Crippen LogP contribution in [0.2, 0.25) is 10.0 Å². The number of rotatable bonds is 6. The van der Waals surface area contributed by atoms with E-state index in [1.807, 2.05) is 0 Å². The van der Waals surface area contributed by atoms with E-state index in [1.54, 1.807) is 36.4 Å². The summed E-state index contributed by atoms with van der Waals surface area (Å²) in [5.41, 5.74) is 0.444. The van der Waals surface area contributed by atoms with Crippen LogP contribution in [0.5, 0.6) is 11.5 Å². The molecule has 4 aromatic carbocycles. The molecule has 0 radical (unpaired) electrons. The normalized spacial score (nSPS) is 11.0. The molecule has 4 rings (SSSR count). The minimum absolute atomic E-state index is 0.159. The molecule has 0 spiro atoms. The van der Waals surface area contributed by atoms with Crippen molar-refractivity contribution in [1.29, 1.82) is 0 Å². The first kappa shape index (κ1) is 24.5. The summed E-state index contributed by atoms with van der Waals surface area (Å²) in [7, 11) is -4.36. The maximum absolute atomic E-state index is 13.7. The highest BCUT2D eigenvalue weighted by atomic mass is 35.5. The highest BCUT2D eigenvalue weighted by molar-refractivity contribution is 7.91. The number of hydrogen-bond acceptors (Lipinski definition) is 6. The van der Waals surface area contributed by atoms with Crippen molar-refractivity contribution >= 4 is 45.0 Å². The Morgan fingerprint density at radius 2 is 0.943 bits per heavy atom. The molecule has 0 unspecified atom stereocenters. The molecule has 0 atom stereocenters. The van der Waals surface area contributed by atoms with Crippen LogP contribution in [0.4, 0.5) is 0 Å². The quantitative estimate of drug-likeness (QED) is 0.217. The predicted octanol–water partition coefficient (Wildman–Crippen LogP) is 6.26. The molecule has 0 bridgehead atoms. The Bertz CT molecular complexity index is 1390. The van der Waals surface area contributed by atoms with Gasteiger partial charge >= 0.3 is 11.9 Å². The van der Waals surface area contributed by atoms with Crippen molar-refractivity contribution in [2.45, 2.75) is 9.79 Å². The lowest BCUT2D eigenvalue weighted by atomic mass is 10.2. The monoisotopic (exact) mass is 526 g/mol. The van der Waals surface area contributed by atoms with Crippen molar-refractivity contribution in [2.75, 3.05) is 0 Å². The third-order valence-electron chi connectivity index (χ3n) is 4.81. The molecule has 9 heteroatoms. The first-order chi connectivity index (χ1) is 16.8. The Kier molecular flexibility index (Phi) is 7.21. The van der Waals surface area contributed by atoms with E-state index in [4.69, 9.17) is 32.7 Å². The Balaban J connectivity index is 1.75. The first-order valence-corrected chi connectivity index (χ1v) is 12.4. The highest BCUT2D eigenvalue weighted by Gasteiger charge is 2.29. The molecule has 0 saturated heterocycles. The van der Waals surface area contributed by atoms with E-state index in [0.29, 0.717) is 0 Å². The van der Waals surface area contributed by atoms with Crippen LogP contribution in [0.15, 0.2) is 107 Å². The summed E-state index contributed by atoms with van der Waals surface area (Å²) in [6.45, 7) is 0. The molecule has 176 valence electrons. The summed E-state index contributed by atoms with van der Waals surface area (Å²) in [6.07, 6.45) is 0. The van der Waals surface area contributed by atoms with Crippen molar-refractivity contribution in [1.82, 2.24) is 0 Å². The van der Waals surface area contributed by atoms with Crippen LogP contribution >= 0.6 is 23.2 Å². The van der Waals surface area contributed by atoms with Gasteiger partial charge in [0.15, 0.2) is 11.5 Å². The smallest absolute Gasteiger partial charge is 0.343 e. The Labute approximate surface area is 211 Å². The maximum Gasteiger partial charge on any atom is 0.343 e. The first-order valence-electron chi connectivity index (χ1n) is 10.1. The number of halogens is 2. The second-order valence-electron chi connectivity index (χ2n) is 7.20. The van der Waals surface area contributed by atoms with E-state index in [9.17, 15) is 18.0 Å². The molecule has 0 amide bonds. The zero-order valence-electron chi connectivity index (χ0n) is 17.9. The SMILES string of the molecule is O=C(Oc1cc(Cl)ccc1S(=O)(=O)c1ccc(Cl)cc1OC(=O)c1ccccc1)c1ccccc1. The fourth-order valence-electron chi connectivity index (χ4n) is 3.15. The standard InChI is InChI=1S/C26H16Cl2O6S/c27-19-11-13-23(21(15-19)33-25(29)17-7-3-1-4-8-17)35(31,32)24-14-12-20(28)16-22(24)34-26(30)18-9-5-2-6-10-18/h1-16H. The molecule has 0 fully saturated rings. The zero-order valence-corrected chi connectivity index (χ0v) is 20.2. The summed E-state index contributed by atoms with van der Waals surface area (Å²) >= 11 is 12.1. The van der Waals surface area contributed by atoms with Crippen molar-refractivity contribution in [3.63, 3.8) is 0 Å². The number of sulfone groups is 1. The van der Waals surface area contributed by atoms with Crippen LogP contribution in [0.3, 0.4) is 0 Å². The fraction of sp³-hybridized carbons (Fsp3) is 0. The number of benzene rings is 4. The number of carbonyl (C=O) groups excluding carboxylic acids is 2. The van der Waals surface area contributed by atoms with E-state index < -0.39 is 21.8 Å². The van der Waals surface area contributed by atoms with Crippen molar-refractivity contribution < 1.29 is 27.5 Å². The summed E-state index contributed by atoms with van der Waals surface area (Å²) < 4.78 is 38.1. The van der Waals surface area contributed by atoms with E-state index in [0.717, 1.165) is 0 Å². The molecule has 35 heavy (non-hydrogen) atoms. The van der Waals surface area contributed by atoms with Gasteiger partial charge in [-0.15, -0.1) is 0 Å². The number of esters is 2. The summed E-state index contributed by atoms with van der Waals surface area (Å²) in [5, 5.41) is 0.318. The molecule has 0 N–H and O–H groups in total. The van der Waals surface area contributed by atoms with Crippen LogP contribution in [0.25, 0.3) is 0 Å². The second-order valence-corrected chi connectivity index (χ2v) is 9.96. The van der Waals surface area contributed by atoms with Crippen LogP contribution < -0.4 is 9.47 Å². The highest BCUT2D eigenvalue weighted by Crippen LogP contribution is 2.37. The molecule has 0 aliphatic carbocycles. The number of carbonyl (C=O) groups is 2. The van der Waals surface area contributed by atoms with E-state index in [1.165, 1.54) is 60.7 Å². The van der Waals surface area contributed by atoms with Gasteiger partial charge in [-0.2, -0.15) is 0 Å². The Morgan fingerprint density at radius 3 is 1.31 bits per heavy atom. The van der Waals surface area contributed by atoms with Gasteiger partial charge in [-0.3, -0.25) is 0 Å². The maximum atomic E-state index is 13.7. The van der Waals surface area contributed by atoms with Gasteiger partial charge in [0.2, 0.25) is 9.84 Å². The van der Waals surface area contributed by atoms with Gasteiger partial charge in [0.25, 0.3) is 0 Å². The van der Waals surface area contributed by atoms with Gasteiger partial charge in [-0.05, 0) is 48.5 Å². The molecule has 0 aromatic heterocycles. The number of ether oxygens (including phenoxy) is 2. The largest absolute Gasteiger partial charge is 0.421 e. The van der Waals surface area contributed by atoms with Gasteiger partial charge < -0.3 is 9.47 Å².